The molecule has 0 aliphatic carbocycles. The Morgan fingerprint density at radius 1 is 1.13 bits per heavy atom. The zero-order valence-corrected chi connectivity index (χ0v) is 19.2. The Bertz CT molecular complexity index is 957. The molecule has 4 nitrogen and oxygen atoms in total. The van der Waals surface area contributed by atoms with E-state index < -0.39 is 11.0 Å². The van der Waals surface area contributed by atoms with Gasteiger partial charge in [0.1, 0.15) is 22.6 Å². The summed E-state index contributed by atoms with van der Waals surface area (Å²) in [5, 5.41) is 0. The van der Waals surface area contributed by atoms with Gasteiger partial charge in [-0.25, -0.2) is 12.9 Å². The molecule has 1 fully saturated rings. The second-order valence-corrected chi connectivity index (χ2v) is 10.6. The lowest BCUT2D eigenvalue weighted by Gasteiger charge is -2.14. The maximum atomic E-state index is 12.5. The molecule has 30 heavy (non-hydrogen) atoms. The number of benzene rings is 2. The van der Waals surface area contributed by atoms with Crippen LogP contribution in [0, 0.1) is 5.82 Å². The first kappa shape index (κ1) is 23.0. The number of nitrogens with zero attached hydrogens (tertiary/aromatic N) is 1. The number of thiophene rings is 1. The maximum absolute atomic E-state index is 12.5. The van der Waals surface area contributed by atoms with Crippen LogP contribution in [0.5, 0.6) is 5.75 Å². The van der Waals surface area contributed by atoms with E-state index in [-0.39, 0.29) is 5.82 Å². The average molecular weight is 465 g/mol. The molecular formula is C22H25FN2O2S3. The zero-order valence-electron chi connectivity index (χ0n) is 16.8. The Morgan fingerprint density at radius 2 is 1.87 bits per heavy atom. The van der Waals surface area contributed by atoms with E-state index in [2.05, 4.69) is 22.5 Å². The van der Waals surface area contributed by atoms with Crippen molar-refractivity contribution < 1.29 is 13.3 Å². The molecule has 2 N–H and O–H groups in total. The van der Waals surface area contributed by atoms with Gasteiger partial charge in [-0.2, -0.15) is 0 Å². The lowest BCUT2D eigenvalue weighted by Crippen LogP contribution is -2.21. The molecule has 1 saturated heterocycles. The largest absolute Gasteiger partial charge is 0.497 e. The van der Waals surface area contributed by atoms with Gasteiger partial charge in [0.25, 0.3) is 0 Å². The van der Waals surface area contributed by atoms with Crippen LogP contribution in [-0.2, 0) is 17.5 Å². The monoisotopic (exact) mass is 464 g/mol. The summed E-state index contributed by atoms with van der Waals surface area (Å²) in [7, 11) is 0.529. The van der Waals surface area contributed by atoms with Crippen molar-refractivity contribution in [3.63, 3.8) is 0 Å². The summed E-state index contributed by atoms with van der Waals surface area (Å²) in [6.07, 6.45) is 2.30. The smallest absolute Gasteiger partial charge is 0.127 e. The molecular weight excluding hydrogens is 439 g/mol. The molecule has 3 aromatic rings. The first-order valence-corrected chi connectivity index (χ1v) is 12.4. The van der Waals surface area contributed by atoms with Crippen LogP contribution in [0.3, 0.4) is 0 Å². The van der Waals surface area contributed by atoms with Crippen molar-refractivity contribution in [1.82, 2.24) is 4.31 Å². The van der Waals surface area contributed by atoms with Gasteiger partial charge in [0.2, 0.25) is 0 Å². The van der Waals surface area contributed by atoms with Crippen molar-refractivity contribution in [2.24, 2.45) is 5.73 Å². The molecule has 0 spiro atoms. The number of hydrogen-bond acceptors (Lipinski definition) is 5. The van der Waals surface area contributed by atoms with Crippen LogP contribution in [0.15, 0.2) is 74.7 Å². The predicted octanol–water partition coefficient (Wildman–Crippen LogP) is 5.31. The summed E-state index contributed by atoms with van der Waals surface area (Å²) in [5.74, 6) is 0.437. The van der Waals surface area contributed by atoms with Gasteiger partial charge in [-0.3, -0.25) is 0 Å². The molecule has 1 unspecified atom stereocenters. The van der Waals surface area contributed by atoms with Crippen molar-refractivity contribution in [3.05, 3.63) is 71.4 Å². The molecule has 8 heteroatoms. The third kappa shape index (κ3) is 6.65. The molecule has 1 aromatic heterocycles. The van der Waals surface area contributed by atoms with E-state index >= 15 is 0 Å². The van der Waals surface area contributed by atoms with Gasteiger partial charge in [0.15, 0.2) is 0 Å². The summed E-state index contributed by atoms with van der Waals surface area (Å²) in [6.45, 7) is 2.47. The maximum Gasteiger partial charge on any atom is 0.127 e. The number of nitrogens with two attached hydrogens (primary N) is 1. The van der Waals surface area contributed by atoms with Crippen LogP contribution in [0.2, 0.25) is 0 Å². The highest BCUT2D eigenvalue weighted by Crippen LogP contribution is 2.34. The lowest BCUT2D eigenvalue weighted by atomic mass is 10.3. The van der Waals surface area contributed by atoms with Crippen LogP contribution < -0.4 is 10.5 Å². The summed E-state index contributed by atoms with van der Waals surface area (Å²) >= 11 is 3.43. The van der Waals surface area contributed by atoms with E-state index in [0.717, 1.165) is 35.7 Å². The molecule has 160 valence electrons. The number of rotatable bonds is 6. The van der Waals surface area contributed by atoms with Gasteiger partial charge >= 0.3 is 0 Å². The standard InChI is InChI=1S/C15H18N2OS3.C7H7FO/c16-11-13-6-7-15(20-13)19-12-4-3-5-14(10-12)21(18)17-8-1-2-9-17;1-9-7-4-2-6(8)3-5-7/h3-7,10H,1-2,8-9,11,16H2;2-5H,1H3. The van der Waals surface area contributed by atoms with Crippen molar-refractivity contribution >= 4 is 34.1 Å². The van der Waals surface area contributed by atoms with E-state index in [1.54, 1.807) is 42.3 Å². The Hall–Kier alpha value is -1.71. The minimum Gasteiger partial charge on any atom is -0.497 e. The van der Waals surface area contributed by atoms with Gasteiger partial charge in [0.05, 0.1) is 16.2 Å². The van der Waals surface area contributed by atoms with Crippen LogP contribution >= 0.6 is 23.1 Å². The predicted molar refractivity (Wildman–Crippen MR) is 123 cm³/mol. The second-order valence-electron chi connectivity index (χ2n) is 6.55. The fourth-order valence-corrected chi connectivity index (χ4v) is 6.34. The first-order valence-electron chi connectivity index (χ1n) is 9.62. The SMILES string of the molecule is COc1ccc(F)cc1.NCc1ccc(Sc2cccc(S(=O)N3CCCC3)c2)s1. The van der Waals surface area contributed by atoms with Crippen LogP contribution in [0.25, 0.3) is 0 Å². The zero-order chi connectivity index (χ0) is 21.3. The summed E-state index contributed by atoms with van der Waals surface area (Å²) in [5.41, 5.74) is 5.65. The van der Waals surface area contributed by atoms with E-state index in [0.29, 0.717) is 12.3 Å². The Kier molecular flexibility index (Phi) is 8.89. The number of halogens is 1. The van der Waals surface area contributed by atoms with Crippen molar-refractivity contribution in [2.75, 3.05) is 20.2 Å². The Labute approximate surface area is 187 Å². The normalized spacial score (nSPS) is 14.8. The molecule has 1 aliphatic rings. The molecule has 2 heterocycles. The average Bonchev–Trinajstić information content (AvgIpc) is 3.47. The molecule has 0 amide bonds. The fraction of sp³-hybridized carbons (Fsp3) is 0.273. The third-order valence-corrected chi connectivity index (χ3v) is 8.13. The summed E-state index contributed by atoms with van der Waals surface area (Å²) in [6, 6.07) is 18.1. The molecule has 4 rings (SSSR count). The minimum absolute atomic E-state index is 0.240. The molecule has 0 saturated carbocycles. The molecule has 0 bridgehead atoms. The molecule has 0 radical (unpaired) electrons. The third-order valence-electron chi connectivity index (χ3n) is 4.41. The molecule has 1 atom stereocenters. The van der Waals surface area contributed by atoms with Crippen LogP contribution in [0.4, 0.5) is 4.39 Å². The van der Waals surface area contributed by atoms with Crippen molar-refractivity contribution in [3.8, 4) is 5.75 Å². The lowest BCUT2D eigenvalue weighted by molar-refractivity contribution is 0.413. The fourth-order valence-electron chi connectivity index (χ4n) is 2.86. The number of methoxy groups -OCH3 is 1. The van der Waals surface area contributed by atoms with Crippen molar-refractivity contribution in [1.29, 1.82) is 0 Å². The second kappa shape index (κ2) is 11.6. The highest BCUT2D eigenvalue weighted by molar-refractivity contribution is 8.01. The van der Waals surface area contributed by atoms with Gasteiger partial charge in [-0.1, -0.05) is 17.8 Å². The van der Waals surface area contributed by atoms with Gasteiger partial charge in [0, 0.05) is 29.4 Å². The minimum atomic E-state index is -1.02. The van der Waals surface area contributed by atoms with Crippen LogP contribution in [-0.4, -0.2) is 28.7 Å². The van der Waals surface area contributed by atoms with E-state index in [9.17, 15) is 8.60 Å². The van der Waals surface area contributed by atoms with E-state index in [4.69, 9.17) is 10.5 Å². The van der Waals surface area contributed by atoms with Gasteiger partial charge in [-0.15, -0.1) is 11.3 Å². The quantitative estimate of drug-likeness (QED) is 0.537. The summed E-state index contributed by atoms with van der Waals surface area (Å²) in [4.78, 5) is 3.22. The highest BCUT2D eigenvalue weighted by atomic mass is 32.2. The number of ether oxygens (including phenoxy) is 1. The van der Waals surface area contributed by atoms with E-state index in [1.807, 2.05) is 18.2 Å². The van der Waals surface area contributed by atoms with Gasteiger partial charge < -0.3 is 10.5 Å². The van der Waals surface area contributed by atoms with Crippen LogP contribution in [0.1, 0.15) is 17.7 Å². The highest BCUT2D eigenvalue weighted by Gasteiger charge is 2.19. The summed E-state index contributed by atoms with van der Waals surface area (Å²) < 4.78 is 32.8. The molecule has 1 aliphatic heterocycles. The Balaban J connectivity index is 0.000000239. The van der Waals surface area contributed by atoms with E-state index in [1.165, 1.54) is 21.2 Å². The first-order chi connectivity index (χ1) is 14.6. The van der Waals surface area contributed by atoms with Gasteiger partial charge in [-0.05, 0) is 67.4 Å². The number of hydrogen-bond donors (Lipinski definition) is 1. The molecule has 2 aromatic carbocycles. The van der Waals surface area contributed by atoms with Crippen molar-refractivity contribution in [2.45, 2.75) is 33.4 Å². The Morgan fingerprint density at radius 3 is 2.50 bits per heavy atom. The topological polar surface area (TPSA) is 55.6 Å².